The lowest BCUT2D eigenvalue weighted by Gasteiger charge is -2.11. The number of rotatable bonds is 5. The third-order valence-electron chi connectivity index (χ3n) is 1.86. The number of aldehydes is 1. The van der Waals surface area contributed by atoms with E-state index in [-0.39, 0.29) is 11.8 Å². The van der Waals surface area contributed by atoms with Crippen LogP contribution in [0.25, 0.3) is 0 Å². The summed E-state index contributed by atoms with van der Waals surface area (Å²) in [5.74, 6) is -0.540. The Hall–Kier alpha value is -1.16. The highest BCUT2D eigenvalue weighted by Gasteiger charge is 2.14. The zero-order chi connectivity index (χ0) is 11.1. The van der Waals surface area contributed by atoms with E-state index in [0.29, 0.717) is 12.1 Å². The van der Waals surface area contributed by atoms with Crippen LogP contribution >= 0.6 is 0 Å². The van der Waals surface area contributed by atoms with Gasteiger partial charge < -0.3 is 15.0 Å². The molecule has 0 aliphatic carbocycles. The summed E-state index contributed by atoms with van der Waals surface area (Å²) < 4.78 is 0. The van der Waals surface area contributed by atoms with E-state index >= 15 is 0 Å². The lowest BCUT2D eigenvalue weighted by atomic mass is 10.0. The first-order valence-electron chi connectivity index (χ1n) is 4.55. The van der Waals surface area contributed by atoms with Crippen LogP contribution in [-0.2, 0) is 9.59 Å². The fourth-order valence-corrected chi connectivity index (χ4v) is 0.984. The van der Waals surface area contributed by atoms with Crippen LogP contribution in [0.5, 0.6) is 0 Å². The molecule has 1 amide bonds. The van der Waals surface area contributed by atoms with E-state index < -0.39 is 0 Å². The molecule has 4 heteroatoms. The molecule has 0 radical (unpaired) electrons. The molecule has 0 aromatic carbocycles. The minimum atomic E-state index is -0.352. The summed E-state index contributed by atoms with van der Waals surface area (Å²) in [6, 6.07) is 0. The van der Waals surface area contributed by atoms with Gasteiger partial charge in [-0.25, -0.2) is 0 Å². The van der Waals surface area contributed by atoms with E-state index in [1.165, 1.54) is 0 Å². The molecule has 80 valence electrons. The van der Waals surface area contributed by atoms with Crippen molar-refractivity contribution in [1.82, 2.24) is 10.2 Å². The van der Waals surface area contributed by atoms with Crippen molar-refractivity contribution in [2.45, 2.75) is 6.92 Å². The second-order valence-electron chi connectivity index (χ2n) is 3.43. The molecular weight excluding hydrogens is 180 g/mol. The Morgan fingerprint density at radius 3 is 2.43 bits per heavy atom. The van der Waals surface area contributed by atoms with E-state index in [4.69, 9.17) is 0 Å². The fourth-order valence-electron chi connectivity index (χ4n) is 0.984. The highest BCUT2D eigenvalue weighted by atomic mass is 16.1. The Morgan fingerprint density at radius 2 is 2.07 bits per heavy atom. The van der Waals surface area contributed by atoms with Crippen LogP contribution in [0.2, 0.25) is 0 Å². The number of hydrogen-bond acceptors (Lipinski definition) is 3. The normalized spacial score (nSPS) is 13.9. The molecule has 0 aromatic heterocycles. The summed E-state index contributed by atoms with van der Waals surface area (Å²) in [5.41, 5.74) is 0.524. The zero-order valence-electron chi connectivity index (χ0n) is 9.20. The minimum absolute atomic E-state index is 0.188. The number of carbonyl (C=O) groups excluding carboxylic acids is 2. The van der Waals surface area contributed by atoms with E-state index in [9.17, 15) is 9.59 Å². The molecule has 0 aliphatic rings. The number of likely N-dealkylation sites (N-methyl/N-ethyl adjacent to an activating group) is 2. The van der Waals surface area contributed by atoms with Crippen LogP contribution in [-0.4, -0.2) is 44.8 Å². The van der Waals surface area contributed by atoms with Crippen molar-refractivity contribution < 1.29 is 9.59 Å². The van der Waals surface area contributed by atoms with Gasteiger partial charge in [0.15, 0.2) is 0 Å². The average Bonchev–Trinajstić information content (AvgIpc) is 2.16. The van der Waals surface area contributed by atoms with Crippen molar-refractivity contribution in [3.05, 3.63) is 11.6 Å². The first-order valence-corrected chi connectivity index (χ1v) is 4.55. The highest BCUT2D eigenvalue weighted by molar-refractivity contribution is 5.96. The van der Waals surface area contributed by atoms with E-state index in [0.717, 1.165) is 6.29 Å². The molecule has 0 fully saturated rings. The molecule has 1 atom stereocenters. The maximum atomic E-state index is 11.4. The van der Waals surface area contributed by atoms with Crippen molar-refractivity contribution in [1.29, 1.82) is 0 Å². The van der Waals surface area contributed by atoms with Gasteiger partial charge in [0.2, 0.25) is 5.91 Å². The summed E-state index contributed by atoms with van der Waals surface area (Å²) in [4.78, 5) is 23.9. The Balaban J connectivity index is 4.62. The van der Waals surface area contributed by atoms with Crippen LogP contribution in [0.4, 0.5) is 0 Å². The summed E-state index contributed by atoms with van der Waals surface area (Å²) in [5, 5.41) is 2.52. The van der Waals surface area contributed by atoms with Gasteiger partial charge in [-0.2, -0.15) is 0 Å². The smallest absolute Gasteiger partial charge is 0.247 e. The fraction of sp³-hybridized carbons (Fsp3) is 0.600. The predicted molar refractivity (Wildman–Crippen MR) is 55.9 cm³/mol. The quantitative estimate of drug-likeness (QED) is 0.502. The lowest BCUT2D eigenvalue weighted by Crippen LogP contribution is -2.25. The SMILES string of the molecule is CNC(=O)C(=CCN(C)C)C(C)C=O. The standard InChI is InChI=1S/C10H18N2O2/c1-8(7-13)9(10(14)11-2)5-6-12(3)4/h5,7-8H,6H2,1-4H3,(H,11,14). The summed E-state index contributed by atoms with van der Waals surface area (Å²) in [6.07, 6.45) is 2.55. The number of nitrogens with zero attached hydrogens (tertiary/aromatic N) is 1. The lowest BCUT2D eigenvalue weighted by molar-refractivity contribution is -0.119. The Bertz CT molecular complexity index is 234. The summed E-state index contributed by atoms with van der Waals surface area (Å²) in [6.45, 7) is 2.37. The molecule has 0 saturated heterocycles. The minimum Gasteiger partial charge on any atom is -0.355 e. The van der Waals surface area contributed by atoms with Crippen LogP contribution in [0.3, 0.4) is 0 Å². The molecule has 14 heavy (non-hydrogen) atoms. The first kappa shape index (κ1) is 12.8. The number of amides is 1. The van der Waals surface area contributed by atoms with Crippen LogP contribution in [0.15, 0.2) is 11.6 Å². The Morgan fingerprint density at radius 1 is 1.50 bits per heavy atom. The largest absolute Gasteiger partial charge is 0.355 e. The van der Waals surface area contributed by atoms with Gasteiger partial charge >= 0.3 is 0 Å². The van der Waals surface area contributed by atoms with Gasteiger partial charge in [0, 0.05) is 25.1 Å². The molecule has 1 unspecified atom stereocenters. The second kappa shape index (κ2) is 6.32. The molecule has 0 bridgehead atoms. The van der Waals surface area contributed by atoms with Crippen molar-refractivity contribution in [3.63, 3.8) is 0 Å². The molecule has 4 nitrogen and oxygen atoms in total. The van der Waals surface area contributed by atoms with Gasteiger partial charge in [-0.1, -0.05) is 13.0 Å². The second-order valence-corrected chi connectivity index (χ2v) is 3.43. The van der Waals surface area contributed by atoms with Crippen LogP contribution in [0.1, 0.15) is 6.92 Å². The first-order chi connectivity index (χ1) is 6.52. The van der Waals surface area contributed by atoms with Gasteiger partial charge in [0.1, 0.15) is 6.29 Å². The Labute approximate surface area is 85.0 Å². The van der Waals surface area contributed by atoms with E-state index in [1.807, 2.05) is 19.0 Å². The van der Waals surface area contributed by atoms with Crippen molar-refractivity contribution >= 4 is 12.2 Å². The zero-order valence-corrected chi connectivity index (χ0v) is 9.20. The van der Waals surface area contributed by atoms with Gasteiger partial charge in [-0.05, 0) is 14.1 Å². The average molecular weight is 198 g/mol. The molecule has 0 heterocycles. The third kappa shape index (κ3) is 4.18. The third-order valence-corrected chi connectivity index (χ3v) is 1.86. The molecule has 0 aliphatic heterocycles. The van der Waals surface area contributed by atoms with E-state index in [2.05, 4.69) is 5.32 Å². The molecule has 0 rings (SSSR count). The van der Waals surface area contributed by atoms with Gasteiger partial charge in [0.25, 0.3) is 0 Å². The monoisotopic (exact) mass is 198 g/mol. The van der Waals surface area contributed by atoms with Crippen molar-refractivity contribution in [3.8, 4) is 0 Å². The summed E-state index contributed by atoms with van der Waals surface area (Å²) >= 11 is 0. The number of carbonyl (C=O) groups is 2. The topological polar surface area (TPSA) is 49.4 Å². The molecule has 0 saturated carbocycles. The van der Waals surface area contributed by atoms with Gasteiger partial charge in [0.05, 0.1) is 0 Å². The highest BCUT2D eigenvalue weighted by Crippen LogP contribution is 2.07. The van der Waals surface area contributed by atoms with Crippen molar-refractivity contribution in [2.24, 2.45) is 5.92 Å². The predicted octanol–water partition coefficient (Wildman–Crippen LogP) is 0.0554. The van der Waals surface area contributed by atoms with Crippen LogP contribution < -0.4 is 5.32 Å². The molecular formula is C10H18N2O2. The Kier molecular flexibility index (Phi) is 5.79. The van der Waals surface area contributed by atoms with Gasteiger partial charge in [-0.15, -0.1) is 0 Å². The van der Waals surface area contributed by atoms with Crippen molar-refractivity contribution in [2.75, 3.05) is 27.7 Å². The molecule has 0 aromatic rings. The number of nitrogens with one attached hydrogen (secondary N) is 1. The van der Waals surface area contributed by atoms with Gasteiger partial charge in [-0.3, -0.25) is 4.79 Å². The maximum Gasteiger partial charge on any atom is 0.247 e. The molecule has 0 spiro atoms. The van der Waals surface area contributed by atoms with Crippen LogP contribution in [0, 0.1) is 5.92 Å². The molecule has 1 N–H and O–H groups in total. The maximum absolute atomic E-state index is 11.4. The number of hydrogen-bond donors (Lipinski definition) is 1. The summed E-state index contributed by atoms with van der Waals surface area (Å²) in [7, 11) is 5.37. The van der Waals surface area contributed by atoms with E-state index in [1.54, 1.807) is 20.0 Å².